The fourth-order valence-electron chi connectivity index (χ4n) is 5.06. The predicted molar refractivity (Wildman–Crippen MR) is 156 cm³/mol. The van der Waals surface area contributed by atoms with E-state index in [0.29, 0.717) is 40.7 Å². The van der Waals surface area contributed by atoms with Gasteiger partial charge in [-0.1, -0.05) is 11.8 Å². The smallest absolute Gasteiger partial charge is 0.258 e. The van der Waals surface area contributed by atoms with Crippen molar-refractivity contribution in [3.05, 3.63) is 65.7 Å². The van der Waals surface area contributed by atoms with E-state index in [4.69, 9.17) is 4.74 Å². The van der Waals surface area contributed by atoms with Gasteiger partial charge in [0.1, 0.15) is 22.5 Å². The van der Waals surface area contributed by atoms with Crippen LogP contribution in [0.15, 0.2) is 58.5 Å². The molecule has 0 bridgehead atoms. The zero-order chi connectivity index (χ0) is 28.3. The van der Waals surface area contributed by atoms with E-state index in [2.05, 4.69) is 48.7 Å². The van der Waals surface area contributed by atoms with Crippen LogP contribution >= 0.6 is 11.8 Å². The third kappa shape index (κ3) is 6.29. The van der Waals surface area contributed by atoms with Crippen molar-refractivity contribution in [3.63, 3.8) is 0 Å². The number of carbonyl (C=O) groups excluding carboxylic acids is 1. The highest BCUT2D eigenvalue weighted by Crippen LogP contribution is 2.32. The molecular weight excluding hydrogens is 548 g/mol. The van der Waals surface area contributed by atoms with E-state index in [-0.39, 0.29) is 16.8 Å². The van der Waals surface area contributed by atoms with E-state index in [1.165, 1.54) is 12.1 Å². The predicted octanol–water partition coefficient (Wildman–Crippen LogP) is 4.98. The molecule has 41 heavy (non-hydrogen) atoms. The van der Waals surface area contributed by atoms with Crippen LogP contribution in [0.3, 0.4) is 0 Å². The second-order valence-corrected chi connectivity index (χ2v) is 11.4. The van der Waals surface area contributed by atoms with Gasteiger partial charge in [0, 0.05) is 67.8 Å². The van der Waals surface area contributed by atoms with Crippen molar-refractivity contribution < 1.29 is 18.3 Å². The molecule has 2 aromatic heterocycles. The molecule has 0 spiro atoms. The molecule has 2 aliphatic rings. The van der Waals surface area contributed by atoms with Crippen molar-refractivity contribution in [2.24, 2.45) is 0 Å². The molecule has 214 valence electrons. The standard InChI is InChI=1S/C29H31F2N7O2S/c1-37-10-12-38(13-11-37)20-3-4-21(24(17-20)32-19-8-14-40-15-9-19)29(39)34-28-22-5-7-26(33-27(22)35-36-28)41-25-6-2-18(30)16-23(25)31/h2-7,16-17,19,32H,8-15H2,1H3,(H2,33,34,35,36,39). The Morgan fingerprint density at radius 3 is 2.63 bits per heavy atom. The minimum Gasteiger partial charge on any atom is -0.381 e. The number of carbonyl (C=O) groups is 1. The molecule has 6 rings (SSSR count). The van der Waals surface area contributed by atoms with Gasteiger partial charge in [-0.3, -0.25) is 9.89 Å². The van der Waals surface area contributed by atoms with Gasteiger partial charge in [0.05, 0.1) is 10.9 Å². The normalized spacial score (nSPS) is 16.7. The van der Waals surface area contributed by atoms with Crippen molar-refractivity contribution in [3.8, 4) is 0 Å². The molecule has 12 heteroatoms. The topological polar surface area (TPSA) is 98.4 Å². The van der Waals surface area contributed by atoms with Gasteiger partial charge in [0.15, 0.2) is 5.65 Å². The summed E-state index contributed by atoms with van der Waals surface area (Å²) in [6.07, 6.45) is 1.75. The van der Waals surface area contributed by atoms with E-state index in [1.807, 2.05) is 12.1 Å². The molecule has 2 aromatic carbocycles. The zero-order valence-electron chi connectivity index (χ0n) is 22.6. The lowest BCUT2D eigenvalue weighted by molar-refractivity contribution is 0.0904. The van der Waals surface area contributed by atoms with Crippen molar-refractivity contribution in [1.82, 2.24) is 20.1 Å². The maximum Gasteiger partial charge on any atom is 0.258 e. The van der Waals surface area contributed by atoms with E-state index in [1.54, 1.807) is 12.1 Å². The molecule has 0 aliphatic carbocycles. The summed E-state index contributed by atoms with van der Waals surface area (Å²) in [6, 6.07) is 13.1. The van der Waals surface area contributed by atoms with Crippen LogP contribution < -0.4 is 15.5 Å². The van der Waals surface area contributed by atoms with Gasteiger partial charge in [-0.15, -0.1) is 0 Å². The fourth-order valence-corrected chi connectivity index (χ4v) is 5.84. The second kappa shape index (κ2) is 12.0. The van der Waals surface area contributed by atoms with Crippen LogP contribution in [0.1, 0.15) is 23.2 Å². The van der Waals surface area contributed by atoms with Gasteiger partial charge < -0.3 is 25.2 Å². The molecule has 4 heterocycles. The summed E-state index contributed by atoms with van der Waals surface area (Å²) in [6.45, 7) is 5.23. The van der Waals surface area contributed by atoms with Crippen molar-refractivity contribution in [2.75, 3.05) is 62.0 Å². The molecule has 0 saturated carbocycles. The number of nitrogens with zero attached hydrogens (tertiary/aromatic N) is 4. The van der Waals surface area contributed by atoms with Gasteiger partial charge >= 0.3 is 0 Å². The molecule has 0 atom stereocenters. The first-order chi connectivity index (χ1) is 19.9. The number of fused-ring (bicyclic) bond motifs is 1. The number of amides is 1. The molecule has 2 aliphatic heterocycles. The lowest BCUT2D eigenvalue weighted by atomic mass is 10.1. The van der Waals surface area contributed by atoms with Crippen LogP contribution in [0.2, 0.25) is 0 Å². The number of rotatable bonds is 7. The number of halogens is 2. The third-order valence-corrected chi connectivity index (χ3v) is 8.42. The number of H-pyrrole nitrogens is 1. The quantitative estimate of drug-likeness (QED) is 0.282. The van der Waals surface area contributed by atoms with Crippen LogP contribution in [0.25, 0.3) is 11.0 Å². The first-order valence-electron chi connectivity index (χ1n) is 13.6. The Morgan fingerprint density at radius 2 is 1.85 bits per heavy atom. The van der Waals surface area contributed by atoms with Crippen molar-refractivity contribution in [2.45, 2.75) is 28.8 Å². The number of ether oxygens (including phenoxy) is 1. The number of anilines is 3. The molecule has 9 nitrogen and oxygen atoms in total. The maximum atomic E-state index is 14.1. The first-order valence-corrected chi connectivity index (χ1v) is 14.5. The minimum absolute atomic E-state index is 0.220. The van der Waals surface area contributed by atoms with Gasteiger partial charge in [-0.2, -0.15) is 5.10 Å². The molecule has 0 unspecified atom stereocenters. The Labute approximate surface area is 240 Å². The number of hydrogen-bond acceptors (Lipinski definition) is 8. The van der Waals surface area contributed by atoms with Gasteiger partial charge in [0.2, 0.25) is 0 Å². The number of likely N-dealkylation sites (N-methyl/N-ethyl adjacent to an activating group) is 1. The number of aromatic nitrogens is 3. The lowest BCUT2D eigenvalue weighted by Crippen LogP contribution is -2.44. The van der Waals surface area contributed by atoms with Crippen LogP contribution in [-0.2, 0) is 4.74 Å². The van der Waals surface area contributed by atoms with Gasteiger partial charge in [0.25, 0.3) is 5.91 Å². The van der Waals surface area contributed by atoms with E-state index in [9.17, 15) is 13.6 Å². The number of nitrogens with one attached hydrogen (secondary N) is 3. The summed E-state index contributed by atoms with van der Waals surface area (Å²) in [5.74, 6) is -1.15. The molecule has 1 amide bonds. The SMILES string of the molecule is CN1CCN(c2ccc(C(=O)Nc3[nH]nc4nc(Sc5ccc(F)cc5F)ccc34)c(NC3CCOCC3)c2)CC1. The Bertz CT molecular complexity index is 1550. The van der Waals surface area contributed by atoms with Crippen LogP contribution in [0.5, 0.6) is 0 Å². The van der Waals surface area contributed by atoms with E-state index < -0.39 is 11.6 Å². The Hall–Kier alpha value is -3.74. The molecular formula is C29H31F2N7O2S. The van der Waals surface area contributed by atoms with E-state index >= 15 is 0 Å². The third-order valence-electron chi connectivity index (χ3n) is 7.44. The second-order valence-electron chi connectivity index (χ2n) is 10.3. The fraction of sp³-hybridized carbons (Fsp3) is 0.345. The van der Waals surface area contributed by atoms with Crippen LogP contribution in [0, 0.1) is 11.6 Å². The average Bonchev–Trinajstić information content (AvgIpc) is 3.37. The zero-order valence-corrected chi connectivity index (χ0v) is 23.4. The van der Waals surface area contributed by atoms with E-state index in [0.717, 1.165) is 68.2 Å². The summed E-state index contributed by atoms with van der Waals surface area (Å²) < 4.78 is 32.9. The molecule has 2 saturated heterocycles. The summed E-state index contributed by atoms with van der Waals surface area (Å²) in [7, 11) is 2.13. The van der Waals surface area contributed by atoms with Gasteiger partial charge in [-0.05, 0) is 62.4 Å². The molecule has 4 aromatic rings. The number of pyridine rings is 1. The highest BCUT2D eigenvalue weighted by Gasteiger charge is 2.22. The Kier molecular flexibility index (Phi) is 8.04. The summed E-state index contributed by atoms with van der Waals surface area (Å²) in [4.78, 5) is 23.0. The van der Waals surface area contributed by atoms with Crippen molar-refractivity contribution in [1.29, 1.82) is 0 Å². The molecule has 2 fully saturated rings. The minimum atomic E-state index is -0.657. The summed E-state index contributed by atoms with van der Waals surface area (Å²) >= 11 is 1.07. The maximum absolute atomic E-state index is 14.1. The number of aromatic amines is 1. The average molecular weight is 580 g/mol. The monoisotopic (exact) mass is 579 g/mol. The highest BCUT2D eigenvalue weighted by atomic mass is 32.2. The number of piperazine rings is 1. The molecule has 3 N–H and O–H groups in total. The Balaban J connectivity index is 1.22. The summed E-state index contributed by atoms with van der Waals surface area (Å²) in [5.41, 5.74) is 2.78. The van der Waals surface area contributed by atoms with Crippen molar-refractivity contribution >= 4 is 45.9 Å². The highest BCUT2D eigenvalue weighted by molar-refractivity contribution is 7.99. The largest absolute Gasteiger partial charge is 0.381 e. The Morgan fingerprint density at radius 1 is 1.05 bits per heavy atom. The molecule has 0 radical (unpaired) electrons. The van der Waals surface area contributed by atoms with Gasteiger partial charge in [-0.25, -0.2) is 13.8 Å². The van der Waals surface area contributed by atoms with Crippen LogP contribution in [-0.4, -0.2) is 78.5 Å². The van der Waals surface area contributed by atoms with Crippen LogP contribution in [0.4, 0.5) is 26.0 Å². The number of hydrogen-bond donors (Lipinski definition) is 3. The number of benzene rings is 2. The summed E-state index contributed by atoms with van der Waals surface area (Å²) in [5, 5.41) is 14.8. The first kappa shape index (κ1) is 27.4. The lowest BCUT2D eigenvalue weighted by Gasteiger charge is -2.34.